The molecule has 0 heterocycles. The fourth-order valence-corrected chi connectivity index (χ4v) is 1.64. The molecular formula is C12H15NO5. The second kappa shape index (κ2) is 5.50. The minimum atomic E-state index is -1.21. The molecule has 0 aliphatic carbocycles. The number of phenols is 1. The number of nitrogens with two attached hydrogens (primary N) is 1. The van der Waals surface area contributed by atoms with Gasteiger partial charge < -0.3 is 20.7 Å². The number of aryl methyl sites for hydroxylation is 1. The molecule has 0 amide bonds. The Morgan fingerprint density at radius 1 is 1.44 bits per heavy atom. The van der Waals surface area contributed by atoms with Crippen LogP contribution in [0.3, 0.4) is 0 Å². The standard InChI is InChI=1S/C12H15NO5/c1-6-3-4-7(12(16)17)10(11(6)15)8(13)5-9(14)18-2/h3-4,8,15H,5,13H2,1-2H3,(H,16,17)/t8-/m0/s1. The molecule has 0 aromatic heterocycles. The van der Waals surface area contributed by atoms with Gasteiger partial charge in [0.25, 0.3) is 0 Å². The Balaban J connectivity index is 3.23. The summed E-state index contributed by atoms with van der Waals surface area (Å²) in [7, 11) is 1.21. The highest BCUT2D eigenvalue weighted by Crippen LogP contribution is 2.31. The monoisotopic (exact) mass is 253 g/mol. The van der Waals surface area contributed by atoms with Crippen molar-refractivity contribution in [1.29, 1.82) is 0 Å². The Kier molecular flexibility index (Phi) is 4.28. The molecule has 4 N–H and O–H groups in total. The van der Waals surface area contributed by atoms with Gasteiger partial charge in [-0.25, -0.2) is 4.79 Å². The summed E-state index contributed by atoms with van der Waals surface area (Å²) >= 11 is 0. The van der Waals surface area contributed by atoms with Gasteiger partial charge in [0, 0.05) is 11.6 Å². The lowest BCUT2D eigenvalue weighted by atomic mass is 9.95. The summed E-state index contributed by atoms with van der Waals surface area (Å²) in [5.41, 5.74) is 6.18. The highest BCUT2D eigenvalue weighted by atomic mass is 16.5. The number of ether oxygens (including phenoxy) is 1. The Morgan fingerprint density at radius 3 is 2.56 bits per heavy atom. The Morgan fingerprint density at radius 2 is 2.06 bits per heavy atom. The van der Waals surface area contributed by atoms with E-state index in [4.69, 9.17) is 10.8 Å². The molecule has 0 unspecified atom stereocenters. The number of hydrogen-bond acceptors (Lipinski definition) is 5. The van der Waals surface area contributed by atoms with Crippen molar-refractivity contribution in [3.63, 3.8) is 0 Å². The molecule has 6 nitrogen and oxygen atoms in total. The minimum Gasteiger partial charge on any atom is -0.507 e. The van der Waals surface area contributed by atoms with E-state index in [0.717, 1.165) is 0 Å². The van der Waals surface area contributed by atoms with Gasteiger partial charge in [-0.2, -0.15) is 0 Å². The second-order valence-electron chi connectivity index (χ2n) is 3.88. The third-order valence-electron chi connectivity index (χ3n) is 2.63. The lowest BCUT2D eigenvalue weighted by Crippen LogP contribution is -2.19. The number of benzene rings is 1. The number of phenolic OH excluding ortho intramolecular Hbond substituents is 1. The van der Waals surface area contributed by atoms with Crippen molar-refractivity contribution in [2.45, 2.75) is 19.4 Å². The number of methoxy groups -OCH3 is 1. The maximum atomic E-state index is 11.1. The van der Waals surface area contributed by atoms with Gasteiger partial charge in [0.15, 0.2) is 0 Å². The third-order valence-corrected chi connectivity index (χ3v) is 2.63. The fraction of sp³-hybridized carbons (Fsp3) is 0.333. The maximum Gasteiger partial charge on any atom is 0.336 e. The van der Waals surface area contributed by atoms with Crippen LogP contribution in [0.1, 0.15) is 33.9 Å². The maximum absolute atomic E-state index is 11.1. The Labute approximate surface area is 104 Å². The molecule has 18 heavy (non-hydrogen) atoms. The first kappa shape index (κ1) is 14.0. The van der Waals surface area contributed by atoms with Crippen molar-refractivity contribution in [2.24, 2.45) is 5.73 Å². The van der Waals surface area contributed by atoms with Gasteiger partial charge in [-0.15, -0.1) is 0 Å². The van der Waals surface area contributed by atoms with E-state index in [0.29, 0.717) is 5.56 Å². The van der Waals surface area contributed by atoms with Crippen LogP contribution in [0.5, 0.6) is 5.75 Å². The average molecular weight is 253 g/mol. The molecule has 0 radical (unpaired) electrons. The normalized spacial score (nSPS) is 11.9. The quantitative estimate of drug-likeness (QED) is 0.689. The van der Waals surface area contributed by atoms with Gasteiger partial charge in [-0.3, -0.25) is 4.79 Å². The molecule has 0 bridgehead atoms. The zero-order chi connectivity index (χ0) is 13.9. The molecule has 6 heteroatoms. The molecule has 0 spiro atoms. The summed E-state index contributed by atoms with van der Waals surface area (Å²) < 4.78 is 4.46. The fourth-order valence-electron chi connectivity index (χ4n) is 1.64. The number of esters is 1. The zero-order valence-electron chi connectivity index (χ0n) is 10.1. The van der Waals surface area contributed by atoms with Crippen molar-refractivity contribution in [1.82, 2.24) is 0 Å². The van der Waals surface area contributed by atoms with Gasteiger partial charge in [0.05, 0.1) is 19.1 Å². The molecule has 1 aromatic rings. The second-order valence-corrected chi connectivity index (χ2v) is 3.88. The van der Waals surface area contributed by atoms with E-state index in [1.54, 1.807) is 6.92 Å². The van der Waals surface area contributed by atoms with Crippen LogP contribution in [0.2, 0.25) is 0 Å². The topological polar surface area (TPSA) is 110 Å². The Bertz CT molecular complexity index is 484. The van der Waals surface area contributed by atoms with E-state index in [1.807, 2.05) is 0 Å². The van der Waals surface area contributed by atoms with E-state index < -0.39 is 18.0 Å². The van der Waals surface area contributed by atoms with Crippen molar-refractivity contribution < 1.29 is 24.5 Å². The summed E-state index contributed by atoms with van der Waals surface area (Å²) in [6, 6.07) is 1.90. The predicted molar refractivity (Wildman–Crippen MR) is 63.4 cm³/mol. The van der Waals surface area contributed by atoms with E-state index in [9.17, 15) is 14.7 Å². The van der Waals surface area contributed by atoms with E-state index >= 15 is 0 Å². The summed E-state index contributed by atoms with van der Waals surface area (Å²) in [5, 5.41) is 18.9. The summed E-state index contributed by atoms with van der Waals surface area (Å²) in [5.74, 6) is -1.98. The highest BCUT2D eigenvalue weighted by Gasteiger charge is 2.23. The molecule has 0 saturated carbocycles. The number of carboxylic acid groups (broad SMARTS) is 1. The molecule has 1 atom stereocenters. The number of carboxylic acids is 1. The smallest absolute Gasteiger partial charge is 0.336 e. The largest absolute Gasteiger partial charge is 0.507 e. The molecule has 0 aliphatic rings. The van der Waals surface area contributed by atoms with Crippen LogP contribution in [-0.4, -0.2) is 29.3 Å². The van der Waals surface area contributed by atoms with Gasteiger partial charge in [-0.05, 0) is 18.6 Å². The summed E-state index contributed by atoms with van der Waals surface area (Å²) in [6.45, 7) is 1.62. The molecule has 0 fully saturated rings. The number of aromatic hydroxyl groups is 1. The van der Waals surface area contributed by atoms with Crippen LogP contribution in [0, 0.1) is 6.92 Å². The van der Waals surface area contributed by atoms with Crippen LogP contribution in [-0.2, 0) is 9.53 Å². The minimum absolute atomic E-state index is 0.0490. The van der Waals surface area contributed by atoms with Crippen LogP contribution in [0.4, 0.5) is 0 Å². The molecular weight excluding hydrogens is 238 g/mol. The van der Waals surface area contributed by atoms with Crippen LogP contribution >= 0.6 is 0 Å². The van der Waals surface area contributed by atoms with Gasteiger partial charge in [0.2, 0.25) is 0 Å². The molecule has 98 valence electrons. The van der Waals surface area contributed by atoms with Crippen LogP contribution in [0.15, 0.2) is 12.1 Å². The number of rotatable bonds is 4. The molecule has 0 saturated heterocycles. The number of carbonyl (C=O) groups is 2. The van der Waals surface area contributed by atoms with Crippen molar-refractivity contribution >= 4 is 11.9 Å². The van der Waals surface area contributed by atoms with Gasteiger partial charge >= 0.3 is 11.9 Å². The van der Waals surface area contributed by atoms with Gasteiger partial charge in [0.1, 0.15) is 5.75 Å². The first-order valence-electron chi connectivity index (χ1n) is 5.26. The van der Waals surface area contributed by atoms with E-state index in [-0.39, 0.29) is 23.3 Å². The van der Waals surface area contributed by atoms with Crippen molar-refractivity contribution in [2.75, 3.05) is 7.11 Å². The van der Waals surface area contributed by atoms with Crippen molar-refractivity contribution in [3.8, 4) is 5.75 Å². The zero-order valence-corrected chi connectivity index (χ0v) is 10.1. The molecule has 1 rings (SSSR count). The van der Waals surface area contributed by atoms with E-state index in [2.05, 4.69) is 4.74 Å². The van der Waals surface area contributed by atoms with E-state index in [1.165, 1.54) is 19.2 Å². The first-order chi connectivity index (χ1) is 8.38. The van der Waals surface area contributed by atoms with Crippen molar-refractivity contribution in [3.05, 3.63) is 28.8 Å². The molecule has 1 aromatic carbocycles. The van der Waals surface area contributed by atoms with Crippen LogP contribution in [0.25, 0.3) is 0 Å². The lowest BCUT2D eigenvalue weighted by Gasteiger charge is -2.16. The SMILES string of the molecule is COC(=O)C[C@H](N)c1c(C(=O)O)ccc(C)c1O. The number of aromatic carboxylic acids is 1. The number of carbonyl (C=O) groups excluding carboxylic acids is 1. The lowest BCUT2D eigenvalue weighted by molar-refractivity contribution is -0.141. The van der Waals surface area contributed by atoms with Gasteiger partial charge in [-0.1, -0.05) is 6.07 Å². The number of hydrogen-bond donors (Lipinski definition) is 3. The first-order valence-corrected chi connectivity index (χ1v) is 5.26. The Hall–Kier alpha value is -2.08. The summed E-state index contributed by atoms with van der Waals surface area (Å²) in [6.07, 6.45) is -0.201. The highest BCUT2D eigenvalue weighted by molar-refractivity contribution is 5.91. The summed E-state index contributed by atoms with van der Waals surface area (Å²) in [4.78, 5) is 22.2. The average Bonchev–Trinajstić information content (AvgIpc) is 2.31. The van der Waals surface area contributed by atoms with Crippen LogP contribution < -0.4 is 5.73 Å². The third kappa shape index (κ3) is 2.78. The molecule has 0 aliphatic heterocycles. The predicted octanol–water partition coefficient (Wildman–Crippen LogP) is 0.962.